The largest absolute Gasteiger partial charge is 0.307 e. The quantitative estimate of drug-likeness (QED) is 0.455. The van der Waals surface area contributed by atoms with Gasteiger partial charge in [0.2, 0.25) is 5.15 Å². The van der Waals surface area contributed by atoms with Gasteiger partial charge >= 0.3 is 5.69 Å². The number of alkyl halides is 2. The van der Waals surface area contributed by atoms with Crippen molar-refractivity contribution in [2.45, 2.75) is 6.43 Å². The molecular formula is C6H2Cl2F2N2O2. The summed E-state index contributed by atoms with van der Waals surface area (Å²) < 4.78 is 24.3. The molecule has 14 heavy (non-hydrogen) atoms. The molecule has 0 N–H and O–H groups in total. The summed E-state index contributed by atoms with van der Waals surface area (Å²) in [4.78, 5) is 12.6. The Bertz CT molecular complexity index is 386. The number of pyridine rings is 1. The van der Waals surface area contributed by atoms with Crippen LogP contribution in [0.25, 0.3) is 0 Å². The maximum absolute atomic E-state index is 12.2. The van der Waals surface area contributed by atoms with Crippen molar-refractivity contribution < 1.29 is 13.7 Å². The van der Waals surface area contributed by atoms with Crippen LogP contribution in [0.15, 0.2) is 6.07 Å². The lowest BCUT2D eigenvalue weighted by Crippen LogP contribution is -1.97. The van der Waals surface area contributed by atoms with Crippen LogP contribution in [0.5, 0.6) is 0 Å². The molecule has 1 rings (SSSR count). The molecule has 1 aromatic heterocycles. The van der Waals surface area contributed by atoms with E-state index >= 15 is 0 Å². The van der Waals surface area contributed by atoms with E-state index < -0.39 is 32.9 Å². The summed E-state index contributed by atoms with van der Waals surface area (Å²) in [6, 6.07) is 0.748. The standard InChI is InChI=1S/C6H2Cl2F2N2O2/c7-2-1-3(12(13)14)5(8)11-4(2)6(9)10/h1,6H. The van der Waals surface area contributed by atoms with E-state index in [4.69, 9.17) is 23.2 Å². The van der Waals surface area contributed by atoms with E-state index in [1.165, 1.54) is 0 Å². The Kier molecular flexibility index (Phi) is 3.17. The summed E-state index contributed by atoms with van der Waals surface area (Å²) in [5.74, 6) is 0. The summed E-state index contributed by atoms with van der Waals surface area (Å²) >= 11 is 10.6. The van der Waals surface area contributed by atoms with Crippen molar-refractivity contribution in [3.8, 4) is 0 Å². The average molecular weight is 243 g/mol. The molecule has 0 aliphatic heterocycles. The molecule has 0 unspecified atom stereocenters. The number of nitro groups is 1. The Labute approximate surface area is 86.6 Å². The molecule has 0 saturated carbocycles. The fourth-order valence-corrected chi connectivity index (χ4v) is 1.19. The van der Waals surface area contributed by atoms with Crippen molar-refractivity contribution in [1.82, 2.24) is 4.98 Å². The van der Waals surface area contributed by atoms with E-state index in [1.54, 1.807) is 0 Å². The Balaban J connectivity index is 3.31. The summed E-state index contributed by atoms with van der Waals surface area (Å²) in [5.41, 5.74) is -1.36. The van der Waals surface area contributed by atoms with Crippen molar-refractivity contribution in [1.29, 1.82) is 0 Å². The van der Waals surface area contributed by atoms with Gasteiger partial charge in [0.05, 0.1) is 9.95 Å². The predicted molar refractivity (Wildman–Crippen MR) is 45.9 cm³/mol. The van der Waals surface area contributed by atoms with Gasteiger partial charge in [-0.3, -0.25) is 10.1 Å². The first-order chi connectivity index (χ1) is 6.43. The zero-order chi connectivity index (χ0) is 10.9. The van der Waals surface area contributed by atoms with E-state index in [2.05, 4.69) is 4.98 Å². The number of hydrogen-bond donors (Lipinski definition) is 0. The maximum atomic E-state index is 12.2. The van der Waals surface area contributed by atoms with Crippen molar-refractivity contribution in [3.05, 3.63) is 32.1 Å². The van der Waals surface area contributed by atoms with Gasteiger partial charge in [-0.25, -0.2) is 13.8 Å². The number of nitrogens with zero attached hydrogens (tertiary/aromatic N) is 2. The van der Waals surface area contributed by atoms with Crippen molar-refractivity contribution >= 4 is 28.9 Å². The van der Waals surface area contributed by atoms with Crippen LogP contribution in [0.3, 0.4) is 0 Å². The molecule has 4 nitrogen and oxygen atoms in total. The van der Waals surface area contributed by atoms with Gasteiger partial charge in [0, 0.05) is 6.07 Å². The predicted octanol–water partition coefficient (Wildman–Crippen LogP) is 3.23. The smallest absolute Gasteiger partial charge is 0.258 e. The van der Waals surface area contributed by atoms with Crippen LogP contribution >= 0.6 is 23.2 Å². The summed E-state index contributed by atoms with van der Waals surface area (Å²) in [5, 5.41) is 9.21. The molecule has 8 heteroatoms. The van der Waals surface area contributed by atoms with Crippen molar-refractivity contribution in [2.75, 3.05) is 0 Å². The molecule has 0 spiro atoms. The molecule has 0 aliphatic carbocycles. The van der Waals surface area contributed by atoms with Crippen LogP contribution in [0, 0.1) is 10.1 Å². The highest BCUT2D eigenvalue weighted by atomic mass is 35.5. The second-order valence-electron chi connectivity index (χ2n) is 2.22. The number of hydrogen-bond acceptors (Lipinski definition) is 3. The summed E-state index contributed by atoms with van der Waals surface area (Å²) in [7, 11) is 0. The molecule has 0 bridgehead atoms. The number of halogens is 4. The topological polar surface area (TPSA) is 56.0 Å². The molecule has 0 radical (unpaired) electrons. The molecule has 1 aromatic rings. The van der Waals surface area contributed by atoms with Crippen LogP contribution in [0.4, 0.5) is 14.5 Å². The van der Waals surface area contributed by atoms with Crippen LogP contribution < -0.4 is 0 Å². The third-order valence-electron chi connectivity index (χ3n) is 1.34. The molecule has 0 aliphatic rings. The SMILES string of the molecule is O=[N+]([O-])c1cc(Cl)c(C(F)F)nc1Cl. The van der Waals surface area contributed by atoms with Gasteiger partial charge in [-0.2, -0.15) is 0 Å². The summed E-state index contributed by atoms with van der Waals surface area (Å²) in [6.07, 6.45) is -2.92. The van der Waals surface area contributed by atoms with Gasteiger partial charge in [0.25, 0.3) is 6.43 Å². The number of rotatable bonds is 2. The zero-order valence-electron chi connectivity index (χ0n) is 6.38. The minimum atomic E-state index is -2.92. The normalized spacial score (nSPS) is 10.6. The van der Waals surface area contributed by atoms with Crippen molar-refractivity contribution in [2.24, 2.45) is 0 Å². The van der Waals surface area contributed by atoms with Gasteiger partial charge in [-0.1, -0.05) is 23.2 Å². The Morgan fingerprint density at radius 2 is 2.07 bits per heavy atom. The van der Waals surface area contributed by atoms with E-state index in [9.17, 15) is 18.9 Å². The number of aromatic nitrogens is 1. The minimum Gasteiger partial charge on any atom is -0.258 e. The zero-order valence-corrected chi connectivity index (χ0v) is 7.89. The third kappa shape index (κ3) is 2.08. The first-order valence-electron chi connectivity index (χ1n) is 3.22. The fraction of sp³-hybridized carbons (Fsp3) is 0.167. The van der Waals surface area contributed by atoms with Crippen LogP contribution in [0.2, 0.25) is 10.2 Å². The highest BCUT2D eigenvalue weighted by Gasteiger charge is 2.22. The van der Waals surface area contributed by atoms with Gasteiger partial charge in [-0.15, -0.1) is 0 Å². The molecule has 0 atom stereocenters. The molecule has 1 heterocycles. The highest BCUT2D eigenvalue weighted by molar-refractivity contribution is 6.34. The van der Waals surface area contributed by atoms with E-state index in [1.807, 2.05) is 0 Å². The Morgan fingerprint density at radius 3 is 2.50 bits per heavy atom. The lowest BCUT2D eigenvalue weighted by molar-refractivity contribution is -0.385. The van der Waals surface area contributed by atoms with Crippen LogP contribution in [0.1, 0.15) is 12.1 Å². The molecule has 0 amide bonds. The Hall–Kier alpha value is -1.01. The monoisotopic (exact) mass is 242 g/mol. The molecule has 0 saturated heterocycles. The average Bonchev–Trinajstić information content (AvgIpc) is 2.07. The molecule has 76 valence electrons. The fourth-order valence-electron chi connectivity index (χ4n) is 0.751. The van der Waals surface area contributed by atoms with Crippen molar-refractivity contribution in [3.63, 3.8) is 0 Å². The highest BCUT2D eigenvalue weighted by Crippen LogP contribution is 2.32. The summed E-state index contributed by atoms with van der Waals surface area (Å²) in [6.45, 7) is 0. The van der Waals surface area contributed by atoms with Crippen LogP contribution in [-0.2, 0) is 0 Å². The van der Waals surface area contributed by atoms with E-state index in [0.717, 1.165) is 6.07 Å². The van der Waals surface area contributed by atoms with Gasteiger partial charge in [-0.05, 0) is 0 Å². The van der Waals surface area contributed by atoms with E-state index in [0.29, 0.717) is 0 Å². The minimum absolute atomic E-state index is 0.476. The van der Waals surface area contributed by atoms with Gasteiger partial charge in [0.15, 0.2) is 0 Å². The molecule has 0 aromatic carbocycles. The second-order valence-corrected chi connectivity index (χ2v) is 2.99. The first-order valence-corrected chi connectivity index (χ1v) is 3.97. The first kappa shape index (κ1) is 11.1. The van der Waals surface area contributed by atoms with Crippen LogP contribution in [-0.4, -0.2) is 9.91 Å². The second kappa shape index (κ2) is 4.02. The Morgan fingerprint density at radius 1 is 1.50 bits per heavy atom. The lowest BCUT2D eigenvalue weighted by atomic mass is 10.3. The van der Waals surface area contributed by atoms with E-state index in [-0.39, 0.29) is 0 Å². The van der Waals surface area contributed by atoms with Gasteiger partial charge in [0.1, 0.15) is 5.69 Å². The molecule has 0 fully saturated rings. The maximum Gasteiger partial charge on any atom is 0.307 e. The lowest BCUT2D eigenvalue weighted by Gasteiger charge is -2.02. The van der Waals surface area contributed by atoms with Gasteiger partial charge < -0.3 is 0 Å². The molecular weight excluding hydrogens is 241 g/mol. The third-order valence-corrected chi connectivity index (χ3v) is 1.92.